The van der Waals surface area contributed by atoms with E-state index in [-0.39, 0.29) is 17.9 Å². The van der Waals surface area contributed by atoms with Crippen LogP contribution in [0.25, 0.3) is 43.8 Å². The average Bonchev–Trinajstić information content (AvgIpc) is 3.42. The molecule has 2 N–H and O–H groups in total. The van der Waals surface area contributed by atoms with Gasteiger partial charge in [0.05, 0.1) is 17.5 Å². The van der Waals surface area contributed by atoms with Crippen LogP contribution in [0, 0.1) is 0 Å². The Labute approximate surface area is 205 Å². The number of H-pyrrole nitrogens is 2. The zero-order chi connectivity index (χ0) is 25.6. The highest BCUT2D eigenvalue weighted by atomic mass is 16.7. The maximum Gasteiger partial charge on any atom is 0.513 e. The molecule has 184 valence electrons. The lowest BCUT2D eigenvalue weighted by atomic mass is 10.0. The van der Waals surface area contributed by atoms with Crippen molar-refractivity contribution in [2.45, 2.75) is 33.3 Å². The number of hydrogen-bond donors (Lipinski definition) is 2. The predicted molar refractivity (Wildman–Crippen MR) is 137 cm³/mol. The molecule has 0 aliphatic heterocycles. The summed E-state index contributed by atoms with van der Waals surface area (Å²) in [6.07, 6.45) is 1.87. The Morgan fingerprint density at radius 1 is 1.03 bits per heavy atom. The number of carbonyl (C=O) groups excluding carboxylic acids is 2. The molecule has 0 fully saturated rings. The summed E-state index contributed by atoms with van der Waals surface area (Å²) in [4.78, 5) is 42.8. The molecule has 36 heavy (non-hydrogen) atoms. The van der Waals surface area contributed by atoms with Gasteiger partial charge in [0, 0.05) is 28.7 Å². The molecule has 0 unspecified atom stereocenters. The summed E-state index contributed by atoms with van der Waals surface area (Å²) in [5.74, 6) is 0.210. The average molecular weight is 488 g/mol. The van der Waals surface area contributed by atoms with E-state index in [2.05, 4.69) is 9.97 Å². The van der Waals surface area contributed by atoms with Crippen molar-refractivity contribution in [2.75, 3.05) is 6.61 Å². The van der Waals surface area contributed by atoms with Crippen LogP contribution in [-0.2, 0) is 9.47 Å². The second-order valence-corrected chi connectivity index (χ2v) is 9.34. The maximum atomic E-state index is 12.6. The van der Waals surface area contributed by atoms with Crippen LogP contribution >= 0.6 is 0 Å². The molecule has 5 rings (SSSR count). The van der Waals surface area contributed by atoms with Gasteiger partial charge in [-0.05, 0) is 69.2 Å². The van der Waals surface area contributed by atoms with E-state index in [1.807, 2.05) is 63.2 Å². The number of nitrogens with one attached hydrogen (secondary N) is 2. The molecule has 0 aliphatic rings. The van der Waals surface area contributed by atoms with Crippen molar-refractivity contribution in [3.05, 3.63) is 65.2 Å². The number of benzene rings is 2. The third-order valence-corrected chi connectivity index (χ3v) is 5.68. The van der Waals surface area contributed by atoms with Gasteiger partial charge in [-0.3, -0.25) is 9.36 Å². The largest absolute Gasteiger partial charge is 0.513 e. The van der Waals surface area contributed by atoms with E-state index >= 15 is 0 Å². The number of rotatable bonds is 3. The molecule has 0 saturated carbocycles. The van der Waals surface area contributed by atoms with Crippen LogP contribution < -0.4 is 10.3 Å². The highest BCUT2D eigenvalue weighted by Gasteiger charge is 2.20. The molecule has 3 aromatic heterocycles. The summed E-state index contributed by atoms with van der Waals surface area (Å²) in [6, 6.07) is 13.3. The predicted octanol–water partition coefficient (Wildman–Crippen LogP) is 5.95. The maximum absolute atomic E-state index is 12.6. The minimum Gasteiger partial charge on any atom is -0.443 e. The summed E-state index contributed by atoms with van der Waals surface area (Å²) in [5, 5.41) is 2.06. The first-order valence-electron chi connectivity index (χ1n) is 11.5. The van der Waals surface area contributed by atoms with Gasteiger partial charge in [0.15, 0.2) is 5.75 Å². The Bertz CT molecular complexity index is 1700. The molecule has 0 amide bonds. The second kappa shape index (κ2) is 8.60. The van der Waals surface area contributed by atoms with E-state index in [1.54, 1.807) is 13.1 Å². The molecule has 9 heteroatoms. The number of fused-ring (bicyclic) bond motifs is 4. The smallest absolute Gasteiger partial charge is 0.443 e. The van der Waals surface area contributed by atoms with Gasteiger partial charge in [0.1, 0.15) is 11.1 Å². The molecule has 0 saturated heterocycles. The van der Waals surface area contributed by atoms with Gasteiger partial charge >= 0.3 is 12.2 Å². The van der Waals surface area contributed by atoms with Crippen molar-refractivity contribution < 1.29 is 23.8 Å². The highest BCUT2D eigenvalue weighted by molar-refractivity contribution is 6.09. The fraction of sp³-hybridized carbons (Fsp3) is 0.222. The standard InChI is InChI=1S/C27H25N3O6/c1-5-34-26(33)35-21-14-28-23-22(21)18-13-16(6-8-19(18)29-24(23)31)15-7-9-20-17(12-15)10-11-30(20)25(32)36-27(2,3)4/h6-14,28H,5H2,1-4H3,(H,29,31). The fourth-order valence-electron chi connectivity index (χ4n) is 4.19. The summed E-state index contributed by atoms with van der Waals surface area (Å²) in [7, 11) is 0. The molecule has 0 bridgehead atoms. The van der Waals surface area contributed by atoms with Crippen molar-refractivity contribution in [3.8, 4) is 16.9 Å². The molecule has 3 heterocycles. The number of hydrogen-bond acceptors (Lipinski definition) is 6. The van der Waals surface area contributed by atoms with E-state index in [0.29, 0.717) is 21.8 Å². The minimum atomic E-state index is -0.845. The van der Waals surface area contributed by atoms with Crippen LogP contribution in [0.5, 0.6) is 5.75 Å². The number of carbonyl (C=O) groups is 2. The summed E-state index contributed by atoms with van der Waals surface area (Å²) in [6.45, 7) is 7.33. The summed E-state index contributed by atoms with van der Waals surface area (Å²) in [5.41, 5.74) is 2.50. The molecule has 0 radical (unpaired) electrons. The number of aromatic nitrogens is 3. The monoisotopic (exact) mass is 487 g/mol. The SMILES string of the molecule is CCOC(=O)Oc1c[nH]c2c(=O)[nH]c3ccc(-c4ccc5c(ccn5C(=O)OC(C)(C)C)c4)cc3c12. The first kappa shape index (κ1) is 23.2. The molecule has 2 aromatic carbocycles. The van der Waals surface area contributed by atoms with Crippen molar-refractivity contribution >= 4 is 45.0 Å². The van der Waals surface area contributed by atoms with Crippen LogP contribution in [0.3, 0.4) is 0 Å². The Morgan fingerprint density at radius 2 is 1.78 bits per heavy atom. The van der Waals surface area contributed by atoms with Gasteiger partial charge in [-0.1, -0.05) is 12.1 Å². The molecular weight excluding hydrogens is 462 g/mol. The molecular formula is C27H25N3O6. The number of nitrogens with zero attached hydrogens (tertiary/aromatic N) is 1. The van der Waals surface area contributed by atoms with Gasteiger partial charge in [0.25, 0.3) is 5.56 Å². The Kier molecular flexibility index (Phi) is 5.55. The van der Waals surface area contributed by atoms with Crippen LogP contribution in [0.2, 0.25) is 0 Å². The lowest BCUT2D eigenvalue weighted by Crippen LogP contribution is -2.26. The topological polar surface area (TPSA) is 115 Å². The fourth-order valence-corrected chi connectivity index (χ4v) is 4.19. The van der Waals surface area contributed by atoms with Crippen molar-refractivity contribution in [3.63, 3.8) is 0 Å². The van der Waals surface area contributed by atoms with Gasteiger partial charge in [-0.15, -0.1) is 0 Å². The van der Waals surface area contributed by atoms with Crippen molar-refractivity contribution in [2.24, 2.45) is 0 Å². The summed E-state index contributed by atoms with van der Waals surface area (Å²) >= 11 is 0. The number of ether oxygens (including phenoxy) is 3. The van der Waals surface area contributed by atoms with E-state index in [0.717, 1.165) is 22.0 Å². The highest BCUT2D eigenvalue weighted by Crippen LogP contribution is 2.34. The van der Waals surface area contributed by atoms with Crippen LogP contribution in [0.15, 0.2) is 59.7 Å². The second-order valence-electron chi connectivity index (χ2n) is 9.34. The normalized spacial score (nSPS) is 11.8. The van der Waals surface area contributed by atoms with Crippen molar-refractivity contribution in [1.29, 1.82) is 0 Å². The quantitative estimate of drug-likeness (QED) is 0.304. The molecule has 0 aliphatic carbocycles. The number of aromatic amines is 2. The zero-order valence-corrected chi connectivity index (χ0v) is 20.3. The van der Waals surface area contributed by atoms with Gasteiger partial charge < -0.3 is 24.2 Å². The Morgan fingerprint density at radius 3 is 2.53 bits per heavy atom. The van der Waals surface area contributed by atoms with E-state index < -0.39 is 17.8 Å². The van der Waals surface area contributed by atoms with E-state index in [1.165, 1.54) is 10.8 Å². The molecule has 9 nitrogen and oxygen atoms in total. The van der Waals surface area contributed by atoms with E-state index in [9.17, 15) is 14.4 Å². The van der Waals surface area contributed by atoms with Crippen molar-refractivity contribution in [1.82, 2.24) is 14.5 Å². The third-order valence-electron chi connectivity index (χ3n) is 5.68. The van der Waals surface area contributed by atoms with Crippen LogP contribution in [0.1, 0.15) is 27.7 Å². The first-order valence-corrected chi connectivity index (χ1v) is 11.5. The third kappa shape index (κ3) is 4.19. The lowest BCUT2D eigenvalue weighted by Gasteiger charge is -2.19. The van der Waals surface area contributed by atoms with Crippen LogP contribution in [-0.4, -0.2) is 39.0 Å². The Balaban J connectivity index is 1.59. The zero-order valence-electron chi connectivity index (χ0n) is 20.3. The molecule has 5 aromatic rings. The lowest BCUT2D eigenvalue weighted by molar-refractivity contribution is 0.0544. The first-order chi connectivity index (χ1) is 17.1. The van der Waals surface area contributed by atoms with Gasteiger partial charge in [0.2, 0.25) is 0 Å². The summed E-state index contributed by atoms with van der Waals surface area (Å²) < 4.78 is 17.2. The van der Waals surface area contributed by atoms with E-state index in [4.69, 9.17) is 14.2 Å². The minimum absolute atomic E-state index is 0.171. The molecule has 0 spiro atoms. The Hall–Kier alpha value is -4.53. The van der Waals surface area contributed by atoms with Crippen LogP contribution in [0.4, 0.5) is 9.59 Å². The molecule has 0 atom stereocenters. The van der Waals surface area contributed by atoms with Gasteiger partial charge in [-0.25, -0.2) is 9.59 Å². The number of pyridine rings is 1. The van der Waals surface area contributed by atoms with Gasteiger partial charge in [-0.2, -0.15) is 0 Å².